The van der Waals surface area contributed by atoms with Crippen molar-refractivity contribution in [2.45, 2.75) is 13.3 Å². The number of nitrogens with zero attached hydrogens (tertiary/aromatic N) is 4. The van der Waals surface area contributed by atoms with Crippen molar-refractivity contribution in [1.82, 2.24) is 19.7 Å². The molecular weight excluding hydrogens is 427 g/mol. The van der Waals surface area contributed by atoms with Crippen molar-refractivity contribution in [3.63, 3.8) is 0 Å². The molecule has 2 N–H and O–H groups in total. The minimum atomic E-state index is -0.577. The number of benzene rings is 1. The molecule has 1 fully saturated rings. The predicted octanol–water partition coefficient (Wildman–Crippen LogP) is 2.63. The lowest BCUT2D eigenvalue weighted by atomic mass is 10.2. The molecular formula is C23H25FN6O3. The highest BCUT2D eigenvalue weighted by molar-refractivity contribution is 6.05. The maximum Gasteiger partial charge on any atom is 0.259 e. The predicted molar refractivity (Wildman–Crippen MR) is 121 cm³/mol. The molecule has 4 rings (SSSR count). The van der Waals surface area contributed by atoms with Gasteiger partial charge in [-0.2, -0.15) is 5.10 Å². The second-order valence-corrected chi connectivity index (χ2v) is 7.64. The third kappa shape index (κ3) is 5.60. The third-order valence-electron chi connectivity index (χ3n) is 5.38. The first-order valence-electron chi connectivity index (χ1n) is 10.7. The van der Waals surface area contributed by atoms with Gasteiger partial charge in [-0.1, -0.05) is 6.07 Å². The molecule has 10 heteroatoms. The fraction of sp³-hybridized carbons (Fsp3) is 0.304. The number of ether oxygens (including phenoxy) is 1. The van der Waals surface area contributed by atoms with E-state index in [9.17, 15) is 14.0 Å². The zero-order valence-corrected chi connectivity index (χ0v) is 18.3. The zero-order valence-electron chi connectivity index (χ0n) is 18.3. The number of nitrogens with one attached hydrogen (secondary N) is 2. The van der Waals surface area contributed by atoms with Gasteiger partial charge in [0, 0.05) is 37.9 Å². The van der Waals surface area contributed by atoms with Crippen LogP contribution < -0.4 is 10.6 Å². The Kier molecular flexibility index (Phi) is 7.06. The molecule has 0 unspecified atom stereocenters. The fourth-order valence-electron chi connectivity index (χ4n) is 3.54. The average Bonchev–Trinajstić information content (AvgIpc) is 3.22. The minimum Gasteiger partial charge on any atom is -0.379 e. The van der Waals surface area contributed by atoms with Gasteiger partial charge in [0.1, 0.15) is 5.82 Å². The first-order valence-corrected chi connectivity index (χ1v) is 10.7. The maximum absolute atomic E-state index is 14.3. The standard InChI is InChI=1S/C23H25FN6O3/c1-16-18(15-26-30(16)21-4-2-3-8-25-21)23(32)27-17-5-6-19(24)20(14-17)28-22(31)7-9-29-10-12-33-13-11-29/h2-6,8,14-15H,7,9-13H2,1H3,(H,27,32)(H,28,31). The van der Waals surface area contributed by atoms with Crippen LogP contribution in [-0.4, -0.2) is 64.3 Å². The van der Waals surface area contributed by atoms with Gasteiger partial charge in [0.15, 0.2) is 5.82 Å². The summed E-state index contributed by atoms with van der Waals surface area (Å²) in [6.07, 6.45) is 3.34. The molecule has 1 aromatic carbocycles. The molecule has 1 saturated heterocycles. The van der Waals surface area contributed by atoms with E-state index in [0.29, 0.717) is 42.5 Å². The number of anilines is 2. The Balaban J connectivity index is 1.40. The monoisotopic (exact) mass is 452 g/mol. The summed E-state index contributed by atoms with van der Waals surface area (Å²) in [6.45, 7) is 5.20. The molecule has 3 heterocycles. The van der Waals surface area contributed by atoms with Crippen LogP contribution in [0, 0.1) is 12.7 Å². The van der Waals surface area contributed by atoms with Crippen molar-refractivity contribution < 1.29 is 18.7 Å². The molecule has 0 aliphatic carbocycles. The summed E-state index contributed by atoms with van der Waals surface area (Å²) in [5.74, 6) is -0.674. The highest BCUT2D eigenvalue weighted by Gasteiger charge is 2.17. The van der Waals surface area contributed by atoms with Crippen molar-refractivity contribution in [2.24, 2.45) is 0 Å². The normalized spacial score (nSPS) is 14.1. The average molecular weight is 452 g/mol. The van der Waals surface area contributed by atoms with E-state index in [1.165, 1.54) is 24.4 Å². The minimum absolute atomic E-state index is 0.0145. The molecule has 172 valence electrons. The number of pyridine rings is 1. The molecule has 0 spiro atoms. The summed E-state index contributed by atoms with van der Waals surface area (Å²) in [6, 6.07) is 9.46. The Morgan fingerprint density at radius 2 is 1.97 bits per heavy atom. The summed E-state index contributed by atoms with van der Waals surface area (Å²) < 4.78 is 21.1. The Morgan fingerprint density at radius 3 is 2.73 bits per heavy atom. The molecule has 1 aliphatic rings. The van der Waals surface area contributed by atoms with E-state index < -0.39 is 11.7 Å². The van der Waals surface area contributed by atoms with Crippen LogP contribution in [0.25, 0.3) is 5.82 Å². The van der Waals surface area contributed by atoms with E-state index in [0.717, 1.165) is 13.1 Å². The lowest BCUT2D eigenvalue weighted by molar-refractivity contribution is -0.116. The summed E-state index contributed by atoms with van der Waals surface area (Å²) in [5, 5.41) is 9.57. The summed E-state index contributed by atoms with van der Waals surface area (Å²) in [7, 11) is 0. The molecule has 0 bridgehead atoms. The lowest BCUT2D eigenvalue weighted by Crippen LogP contribution is -2.38. The van der Waals surface area contributed by atoms with Crippen molar-refractivity contribution in [3.8, 4) is 5.82 Å². The van der Waals surface area contributed by atoms with Crippen LogP contribution >= 0.6 is 0 Å². The number of hydrogen-bond acceptors (Lipinski definition) is 6. The van der Waals surface area contributed by atoms with Gasteiger partial charge in [0.25, 0.3) is 5.91 Å². The highest BCUT2D eigenvalue weighted by atomic mass is 19.1. The quantitative estimate of drug-likeness (QED) is 0.572. The fourth-order valence-corrected chi connectivity index (χ4v) is 3.54. The van der Waals surface area contributed by atoms with Crippen LogP contribution in [0.2, 0.25) is 0 Å². The van der Waals surface area contributed by atoms with Crippen molar-refractivity contribution >= 4 is 23.2 Å². The Labute approximate surface area is 190 Å². The number of carbonyl (C=O) groups excluding carboxylic acids is 2. The van der Waals surface area contributed by atoms with Crippen LogP contribution in [0.4, 0.5) is 15.8 Å². The first-order chi connectivity index (χ1) is 16.0. The van der Waals surface area contributed by atoms with Crippen LogP contribution in [0.15, 0.2) is 48.8 Å². The smallest absolute Gasteiger partial charge is 0.259 e. The van der Waals surface area contributed by atoms with E-state index in [2.05, 4.69) is 25.6 Å². The van der Waals surface area contributed by atoms with Gasteiger partial charge >= 0.3 is 0 Å². The number of hydrogen-bond donors (Lipinski definition) is 2. The molecule has 0 atom stereocenters. The lowest BCUT2D eigenvalue weighted by Gasteiger charge is -2.26. The van der Waals surface area contributed by atoms with Gasteiger partial charge in [0.2, 0.25) is 5.91 Å². The number of rotatable bonds is 7. The SMILES string of the molecule is Cc1c(C(=O)Nc2ccc(F)c(NC(=O)CCN3CCOCC3)c2)cnn1-c1ccccn1. The third-order valence-corrected chi connectivity index (χ3v) is 5.38. The van der Waals surface area contributed by atoms with E-state index in [1.807, 2.05) is 6.07 Å². The topological polar surface area (TPSA) is 101 Å². The summed E-state index contributed by atoms with van der Waals surface area (Å²) in [4.78, 5) is 31.5. The highest BCUT2D eigenvalue weighted by Crippen LogP contribution is 2.21. The van der Waals surface area contributed by atoms with Crippen LogP contribution in [0.5, 0.6) is 0 Å². The largest absolute Gasteiger partial charge is 0.379 e. The number of carbonyl (C=O) groups is 2. The number of aromatic nitrogens is 3. The van der Waals surface area contributed by atoms with Gasteiger partial charge < -0.3 is 15.4 Å². The number of morpholine rings is 1. The van der Waals surface area contributed by atoms with Crippen LogP contribution in [0.3, 0.4) is 0 Å². The molecule has 33 heavy (non-hydrogen) atoms. The second kappa shape index (κ2) is 10.3. The second-order valence-electron chi connectivity index (χ2n) is 7.64. The Morgan fingerprint density at radius 1 is 1.15 bits per heavy atom. The summed E-state index contributed by atoms with van der Waals surface area (Å²) >= 11 is 0. The van der Waals surface area contributed by atoms with Gasteiger partial charge in [-0.15, -0.1) is 0 Å². The van der Waals surface area contributed by atoms with E-state index >= 15 is 0 Å². The Hall–Kier alpha value is -3.63. The van der Waals surface area contributed by atoms with Gasteiger partial charge in [-0.05, 0) is 37.3 Å². The van der Waals surface area contributed by atoms with E-state index in [4.69, 9.17) is 4.74 Å². The van der Waals surface area contributed by atoms with Crippen molar-refractivity contribution in [3.05, 3.63) is 65.9 Å². The molecule has 0 saturated carbocycles. The number of halogens is 1. The zero-order chi connectivity index (χ0) is 23.2. The molecule has 2 aromatic heterocycles. The van der Waals surface area contributed by atoms with E-state index in [-0.39, 0.29) is 18.0 Å². The summed E-state index contributed by atoms with van der Waals surface area (Å²) in [5.41, 5.74) is 1.35. The van der Waals surface area contributed by atoms with Crippen molar-refractivity contribution in [1.29, 1.82) is 0 Å². The molecule has 0 radical (unpaired) electrons. The molecule has 3 aromatic rings. The maximum atomic E-state index is 14.3. The first kappa shape index (κ1) is 22.6. The van der Waals surface area contributed by atoms with Crippen LogP contribution in [0.1, 0.15) is 22.5 Å². The molecule has 2 amide bonds. The van der Waals surface area contributed by atoms with Gasteiger partial charge in [0.05, 0.1) is 36.4 Å². The molecule has 9 nitrogen and oxygen atoms in total. The van der Waals surface area contributed by atoms with E-state index in [1.54, 1.807) is 29.9 Å². The van der Waals surface area contributed by atoms with Crippen LogP contribution in [-0.2, 0) is 9.53 Å². The Bertz CT molecular complexity index is 1130. The molecule has 1 aliphatic heterocycles. The van der Waals surface area contributed by atoms with Crippen molar-refractivity contribution in [2.75, 3.05) is 43.5 Å². The van der Waals surface area contributed by atoms with Gasteiger partial charge in [-0.3, -0.25) is 14.5 Å². The van der Waals surface area contributed by atoms with Gasteiger partial charge in [-0.25, -0.2) is 14.1 Å². The number of amides is 2.